The highest BCUT2D eigenvalue weighted by Crippen LogP contribution is 2.17. The summed E-state index contributed by atoms with van der Waals surface area (Å²) < 4.78 is 0. The van der Waals surface area contributed by atoms with Gasteiger partial charge >= 0.3 is 0 Å². The number of halogens is 1. The van der Waals surface area contributed by atoms with E-state index >= 15 is 0 Å². The molecule has 0 aromatic heterocycles. The number of hydrazone groups is 1. The highest BCUT2D eigenvalue weighted by atomic mass is 35.5. The van der Waals surface area contributed by atoms with Gasteiger partial charge in [0, 0.05) is 31.0 Å². The minimum absolute atomic E-state index is 0.0522. The van der Waals surface area contributed by atoms with E-state index in [0.717, 1.165) is 17.8 Å². The van der Waals surface area contributed by atoms with E-state index in [2.05, 4.69) is 10.4 Å². The van der Waals surface area contributed by atoms with Gasteiger partial charge in [-0.1, -0.05) is 23.7 Å². The molecule has 1 N–H and O–H groups in total. The molecule has 0 bridgehead atoms. The van der Waals surface area contributed by atoms with Gasteiger partial charge in [0.1, 0.15) is 6.54 Å². The van der Waals surface area contributed by atoms with Crippen LogP contribution in [0.1, 0.15) is 18.4 Å². The number of amides is 2. The van der Waals surface area contributed by atoms with Gasteiger partial charge < -0.3 is 10.2 Å². The minimum Gasteiger partial charge on any atom is -0.353 e. The number of nitrogens with one attached hydrogen (secondary N) is 1. The van der Waals surface area contributed by atoms with Gasteiger partial charge in [0.15, 0.2) is 0 Å². The Balaban J connectivity index is 1.99. The third-order valence-corrected chi connectivity index (χ3v) is 3.71. The van der Waals surface area contributed by atoms with Crippen molar-refractivity contribution in [3.63, 3.8) is 0 Å². The van der Waals surface area contributed by atoms with Crippen LogP contribution < -0.4 is 5.32 Å². The number of likely N-dealkylation sites (N-methyl/N-ethyl adjacent to an activating group) is 1. The van der Waals surface area contributed by atoms with Gasteiger partial charge in [0.25, 0.3) is 0 Å². The van der Waals surface area contributed by atoms with Gasteiger partial charge in [-0.2, -0.15) is 5.10 Å². The van der Waals surface area contributed by atoms with Crippen LogP contribution in [0, 0.1) is 0 Å². The lowest BCUT2D eigenvalue weighted by molar-refractivity contribution is -0.136. The lowest BCUT2D eigenvalue weighted by atomic mass is 10.0. The number of carbonyl (C=O) groups excluding carboxylic acids is 2. The highest BCUT2D eigenvalue weighted by Gasteiger charge is 2.23. The first-order chi connectivity index (χ1) is 11.0. The maximum atomic E-state index is 12.0. The fraction of sp³-hybridized carbons (Fsp3) is 0.438. The van der Waals surface area contributed by atoms with Crippen LogP contribution in [0.5, 0.6) is 0 Å². The maximum Gasteiger partial charge on any atom is 0.243 e. The third kappa shape index (κ3) is 5.33. The van der Waals surface area contributed by atoms with Crippen molar-refractivity contribution < 1.29 is 9.59 Å². The molecule has 0 unspecified atom stereocenters. The number of rotatable bonds is 6. The third-order valence-electron chi connectivity index (χ3n) is 3.46. The summed E-state index contributed by atoms with van der Waals surface area (Å²) in [6, 6.07) is 7.31. The van der Waals surface area contributed by atoms with E-state index in [1.807, 2.05) is 31.1 Å². The lowest BCUT2D eigenvalue weighted by Gasteiger charge is -2.23. The molecule has 0 radical (unpaired) electrons. The molecule has 23 heavy (non-hydrogen) atoms. The largest absolute Gasteiger partial charge is 0.353 e. The maximum absolute atomic E-state index is 12.0. The number of carbonyl (C=O) groups is 2. The Bertz CT molecular complexity index is 599. The average molecular weight is 337 g/mol. The molecule has 0 saturated heterocycles. The van der Waals surface area contributed by atoms with Gasteiger partial charge in [0.05, 0.1) is 5.71 Å². The zero-order valence-electron chi connectivity index (χ0n) is 13.4. The Hall–Kier alpha value is -1.92. The van der Waals surface area contributed by atoms with E-state index in [9.17, 15) is 9.59 Å². The molecular weight excluding hydrogens is 316 g/mol. The van der Waals surface area contributed by atoms with Crippen molar-refractivity contribution in [2.24, 2.45) is 5.10 Å². The summed E-state index contributed by atoms with van der Waals surface area (Å²) in [5, 5.41) is 9.01. The lowest BCUT2D eigenvalue weighted by Crippen LogP contribution is -2.42. The zero-order chi connectivity index (χ0) is 16.8. The van der Waals surface area contributed by atoms with Crippen molar-refractivity contribution in [1.82, 2.24) is 15.2 Å². The Morgan fingerprint density at radius 1 is 1.30 bits per heavy atom. The Morgan fingerprint density at radius 2 is 2.00 bits per heavy atom. The quantitative estimate of drug-likeness (QED) is 0.852. The van der Waals surface area contributed by atoms with E-state index in [4.69, 9.17) is 11.6 Å². The summed E-state index contributed by atoms with van der Waals surface area (Å²) in [6.45, 7) is 1.24. The predicted molar refractivity (Wildman–Crippen MR) is 90.5 cm³/mol. The fourth-order valence-electron chi connectivity index (χ4n) is 2.18. The number of hydrogen-bond donors (Lipinski definition) is 1. The Kier molecular flexibility index (Phi) is 6.12. The second-order valence-electron chi connectivity index (χ2n) is 5.66. The van der Waals surface area contributed by atoms with Crippen LogP contribution >= 0.6 is 11.6 Å². The molecular formula is C16H21ClN4O2. The second-order valence-corrected chi connectivity index (χ2v) is 6.09. The van der Waals surface area contributed by atoms with Crippen LogP contribution in [-0.4, -0.2) is 61.2 Å². The smallest absolute Gasteiger partial charge is 0.243 e. The molecule has 0 saturated carbocycles. The molecule has 1 aromatic carbocycles. The van der Waals surface area contributed by atoms with Crippen molar-refractivity contribution in [3.8, 4) is 0 Å². The Morgan fingerprint density at radius 3 is 2.65 bits per heavy atom. The topological polar surface area (TPSA) is 65.0 Å². The fourth-order valence-corrected chi connectivity index (χ4v) is 2.31. The van der Waals surface area contributed by atoms with E-state index in [1.54, 1.807) is 12.1 Å². The Labute approximate surface area is 141 Å². The van der Waals surface area contributed by atoms with Gasteiger partial charge in [-0.3, -0.25) is 9.59 Å². The first-order valence-corrected chi connectivity index (χ1v) is 7.88. The normalized spacial score (nSPS) is 14.9. The van der Waals surface area contributed by atoms with Crippen LogP contribution in [0.4, 0.5) is 0 Å². The summed E-state index contributed by atoms with van der Waals surface area (Å²) in [6.07, 6.45) is 0.922. The summed E-state index contributed by atoms with van der Waals surface area (Å²) >= 11 is 5.88. The molecule has 0 atom stereocenters. The molecule has 124 valence electrons. The molecule has 6 nitrogen and oxygen atoms in total. The highest BCUT2D eigenvalue weighted by molar-refractivity contribution is 6.30. The number of hydrogen-bond acceptors (Lipinski definition) is 4. The molecule has 2 amide bonds. The first-order valence-electron chi connectivity index (χ1n) is 7.51. The van der Waals surface area contributed by atoms with Crippen molar-refractivity contribution >= 4 is 29.1 Å². The summed E-state index contributed by atoms with van der Waals surface area (Å²) in [5.74, 6) is -0.341. The summed E-state index contributed by atoms with van der Waals surface area (Å²) in [5.41, 5.74) is 1.71. The van der Waals surface area contributed by atoms with Gasteiger partial charge in [0.2, 0.25) is 11.8 Å². The van der Waals surface area contributed by atoms with Gasteiger partial charge in [-0.15, -0.1) is 0 Å². The minimum atomic E-state index is -0.207. The average Bonchev–Trinajstić information content (AvgIpc) is 2.50. The monoisotopic (exact) mass is 336 g/mol. The molecule has 0 spiro atoms. The molecule has 0 aliphatic carbocycles. The SMILES string of the molecule is CN(C)CCNC(=O)CN1N=C(c2ccc(Cl)cc2)CCC1=O. The molecule has 1 aliphatic rings. The molecule has 1 aliphatic heterocycles. The van der Waals surface area contributed by atoms with Crippen molar-refractivity contribution in [2.45, 2.75) is 12.8 Å². The van der Waals surface area contributed by atoms with Crippen LogP contribution in [0.25, 0.3) is 0 Å². The second kappa shape index (κ2) is 8.08. The number of benzene rings is 1. The summed E-state index contributed by atoms with van der Waals surface area (Å²) in [7, 11) is 3.87. The van der Waals surface area contributed by atoms with Crippen LogP contribution in [-0.2, 0) is 9.59 Å². The standard InChI is InChI=1S/C16H21ClN4O2/c1-20(2)10-9-18-15(22)11-21-16(23)8-7-14(19-21)12-3-5-13(17)6-4-12/h3-6H,7-11H2,1-2H3,(H,18,22). The summed E-state index contributed by atoms with van der Waals surface area (Å²) in [4.78, 5) is 25.8. The predicted octanol–water partition coefficient (Wildman–Crippen LogP) is 1.34. The van der Waals surface area contributed by atoms with Crippen LogP contribution in [0.2, 0.25) is 5.02 Å². The first kappa shape index (κ1) is 17.4. The van der Waals surface area contributed by atoms with Crippen molar-refractivity contribution in [2.75, 3.05) is 33.7 Å². The van der Waals surface area contributed by atoms with E-state index < -0.39 is 0 Å². The van der Waals surface area contributed by atoms with E-state index in [1.165, 1.54) is 5.01 Å². The van der Waals surface area contributed by atoms with Crippen molar-refractivity contribution in [1.29, 1.82) is 0 Å². The molecule has 7 heteroatoms. The van der Waals surface area contributed by atoms with E-state index in [0.29, 0.717) is 24.4 Å². The van der Waals surface area contributed by atoms with Gasteiger partial charge in [-0.25, -0.2) is 5.01 Å². The molecule has 0 fully saturated rings. The van der Waals surface area contributed by atoms with Crippen LogP contribution in [0.3, 0.4) is 0 Å². The number of nitrogens with zero attached hydrogens (tertiary/aromatic N) is 3. The zero-order valence-corrected chi connectivity index (χ0v) is 14.1. The van der Waals surface area contributed by atoms with Gasteiger partial charge in [-0.05, 0) is 31.8 Å². The molecule has 1 aromatic rings. The molecule has 1 heterocycles. The van der Waals surface area contributed by atoms with E-state index in [-0.39, 0.29) is 18.4 Å². The van der Waals surface area contributed by atoms with Crippen molar-refractivity contribution in [3.05, 3.63) is 34.9 Å². The molecule has 2 rings (SSSR count). The van der Waals surface area contributed by atoms with Crippen LogP contribution in [0.15, 0.2) is 29.4 Å².